The van der Waals surface area contributed by atoms with E-state index in [2.05, 4.69) is 40.7 Å². The summed E-state index contributed by atoms with van der Waals surface area (Å²) in [5.74, 6) is 0.586. The Morgan fingerprint density at radius 1 is 1.38 bits per heavy atom. The number of Topliss-reactive ketones (excluding diaryl/α,β-unsaturated/α-hetero) is 1. The normalized spacial score (nSPS) is 34.0. The molecule has 0 spiro atoms. The van der Waals surface area contributed by atoms with Gasteiger partial charge in [0.15, 0.2) is 5.12 Å². The first-order valence-electron chi connectivity index (χ1n) is 8.05. The minimum Gasteiger partial charge on any atom is -0.299 e. The van der Waals surface area contributed by atoms with Crippen molar-refractivity contribution >= 4 is 22.7 Å². The van der Waals surface area contributed by atoms with Gasteiger partial charge < -0.3 is 0 Å². The van der Waals surface area contributed by atoms with E-state index in [9.17, 15) is 9.59 Å². The number of carbonyl (C=O) groups excluding carboxylic acids is 2. The third kappa shape index (κ3) is 3.61. The summed E-state index contributed by atoms with van der Waals surface area (Å²) in [6.07, 6.45) is 6.49. The van der Waals surface area contributed by atoms with E-state index >= 15 is 0 Å². The molecule has 1 saturated carbocycles. The van der Waals surface area contributed by atoms with Crippen LogP contribution in [0.4, 0.5) is 0 Å². The maximum atomic E-state index is 12.8. The maximum Gasteiger partial charge on any atom is 0.193 e. The van der Waals surface area contributed by atoms with E-state index in [0.29, 0.717) is 12.2 Å². The van der Waals surface area contributed by atoms with Gasteiger partial charge in [-0.3, -0.25) is 9.59 Å². The van der Waals surface area contributed by atoms with Gasteiger partial charge in [-0.1, -0.05) is 51.1 Å². The lowest BCUT2D eigenvalue weighted by Gasteiger charge is -2.42. The van der Waals surface area contributed by atoms with Gasteiger partial charge in [0, 0.05) is 22.5 Å². The minimum atomic E-state index is -0.325. The maximum absolute atomic E-state index is 12.8. The van der Waals surface area contributed by atoms with Gasteiger partial charge in [0.2, 0.25) is 0 Å². The molecule has 2 aliphatic carbocycles. The highest BCUT2D eigenvalue weighted by molar-refractivity contribution is 8.14. The molecule has 0 aliphatic heterocycles. The van der Waals surface area contributed by atoms with Crippen molar-refractivity contribution in [2.24, 2.45) is 17.3 Å². The molecule has 2 rings (SSSR count). The monoisotopic (exact) mass is 308 g/mol. The van der Waals surface area contributed by atoms with Crippen molar-refractivity contribution < 1.29 is 9.59 Å². The van der Waals surface area contributed by atoms with Crippen LogP contribution in [0.5, 0.6) is 0 Å². The van der Waals surface area contributed by atoms with Crippen molar-refractivity contribution in [1.29, 1.82) is 0 Å². The Labute approximate surface area is 133 Å². The Bertz CT molecular complexity index is 472. The smallest absolute Gasteiger partial charge is 0.193 e. The van der Waals surface area contributed by atoms with E-state index in [1.807, 2.05) is 0 Å². The highest BCUT2D eigenvalue weighted by atomic mass is 32.2. The van der Waals surface area contributed by atoms with Crippen LogP contribution in [0.1, 0.15) is 66.7 Å². The molecule has 0 amide bonds. The summed E-state index contributed by atoms with van der Waals surface area (Å²) in [6.45, 7) is 10.5. The van der Waals surface area contributed by atoms with Crippen LogP contribution in [0.15, 0.2) is 11.6 Å². The average molecular weight is 308 g/mol. The third-order valence-corrected chi connectivity index (χ3v) is 6.05. The van der Waals surface area contributed by atoms with Crippen molar-refractivity contribution in [2.75, 3.05) is 0 Å². The zero-order valence-electron chi connectivity index (χ0n) is 14.0. The highest BCUT2D eigenvalue weighted by Crippen LogP contribution is 2.51. The molecule has 21 heavy (non-hydrogen) atoms. The SMILES string of the molecule is CC1=CC[C@@H](C(=O)SC(C)(C)C)[C@H]2CCCC(=O)[C@]2(C)C1. The zero-order valence-corrected chi connectivity index (χ0v) is 14.8. The fourth-order valence-corrected chi connectivity index (χ4v) is 4.97. The van der Waals surface area contributed by atoms with Crippen LogP contribution in [0.3, 0.4) is 0 Å². The van der Waals surface area contributed by atoms with Crippen LogP contribution in [-0.4, -0.2) is 15.6 Å². The van der Waals surface area contributed by atoms with Gasteiger partial charge in [0.05, 0.1) is 0 Å². The lowest BCUT2D eigenvalue weighted by molar-refractivity contribution is -0.137. The zero-order chi connectivity index (χ0) is 15.8. The quantitative estimate of drug-likeness (QED) is 0.654. The Morgan fingerprint density at radius 3 is 2.67 bits per heavy atom. The number of rotatable bonds is 1. The molecule has 0 heterocycles. The van der Waals surface area contributed by atoms with Gasteiger partial charge in [0.1, 0.15) is 5.78 Å². The molecule has 0 aromatic rings. The van der Waals surface area contributed by atoms with E-state index in [1.165, 1.54) is 17.3 Å². The van der Waals surface area contributed by atoms with Gasteiger partial charge in [-0.2, -0.15) is 0 Å². The van der Waals surface area contributed by atoms with Gasteiger partial charge in [-0.15, -0.1) is 0 Å². The van der Waals surface area contributed by atoms with Crippen LogP contribution in [0.25, 0.3) is 0 Å². The second kappa shape index (κ2) is 5.91. The van der Waals surface area contributed by atoms with Crippen LogP contribution in [0.2, 0.25) is 0 Å². The number of hydrogen-bond acceptors (Lipinski definition) is 3. The summed E-state index contributed by atoms with van der Waals surface area (Å²) < 4.78 is -0.0583. The van der Waals surface area contributed by atoms with Gasteiger partial charge in [0.25, 0.3) is 0 Å². The summed E-state index contributed by atoms with van der Waals surface area (Å²) in [6, 6.07) is 0. The Morgan fingerprint density at radius 2 is 2.05 bits per heavy atom. The van der Waals surface area contributed by atoms with Crippen LogP contribution >= 0.6 is 11.8 Å². The molecule has 0 aromatic carbocycles. The highest BCUT2D eigenvalue weighted by Gasteiger charge is 2.49. The molecular formula is C18H28O2S. The van der Waals surface area contributed by atoms with Gasteiger partial charge in [-0.05, 0) is 38.5 Å². The lowest BCUT2D eigenvalue weighted by Crippen LogP contribution is -2.44. The first kappa shape index (κ1) is 16.8. The molecule has 2 nitrogen and oxygen atoms in total. The molecule has 2 aliphatic rings. The van der Waals surface area contributed by atoms with Crippen molar-refractivity contribution in [1.82, 2.24) is 0 Å². The molecule has 118 valence electrons. The molecule has 1 fully saturated rings. The largest absolute Gasteiger partial charge is 0.299 e. The topological polar surface area (TPSA) is 34.1 Å². The standard InChI is InChI=1S/C18H28O2S/c1-12-9-10-13(16(20)21-17(2,3)4)14-7-6-8-15(19)18(14,5)11-12/h9,13-14H,6-8,10-11H2,1-5H3/t13-,14-,18-/m1/s1. The van der Waals surface area contributed by atoms with Crippen LogP contribution < -0.4 is 0 Å². The van der Waals surface area contributed by atoms with E-state index < -0.39 is 0 Å². The van der Waals surface area contributed by atoms with Crippen molar-refractivity contribution in [2.45, 2.75) is 71.5 Å². The van der Waals surface area contributed by atoms with E-state index in [4.69, 9.17) is 0 Å². The second-order valence-electron chi connectivity index (χ2n) is 7.94. The van der Waals surface area contributed by atoms with Gasteiger partial charge >= 0.3 is 0 Å². The average Bonchev–Trinajstić information content (AvgIpc) is 2.45. The molecule has 0 radical (unpaired) electrons. The van der Waals surface area contributed by atoms with E-state index in [-0.39, 0.29) is 27.1 Å². The Kier molecular flexibility index (Phi) is 4.72. The number of allylic oxidation sites excluding steroid dienone is 2. The molecule has 0 bridgehead atoms. The van der Waals surface area contributed by atoms with Gasteiger partial charge in [-0.25, -0.2) is 0 Å². The molecule has 3 heteroatoms. The summed E-state index contributed by atoms with van der Waals surface area (Å²) >= 11 is 1.45. The minimum absolute atomic E-state index is 0.000856. The Hall–Kier alpha value is -0.570. The van der Waals surface area contributed by atoms with Crippen LogP contribution in [-0.2, 0) is 9.59 Å². The lowest BCUT2D eigenvalue weighted by atomic mass is 9.60. The third-order valence-electron chi connectivity index (χ3n) is 4.94. The fourth-order valence-electron chi connectivity index (χ4n) is 3.95. The molecule has 0 aromatic heterocycles. The summed E-state index contributed by atoms with van der Waals surface area (Å²) in [5.41, 5.74) is 0.947. The summed E-state index contributed by atoms with van der Waals surface area (Å²) in [7, 11) is 0. The molecule has 0 saturated heterocycles. The Balaban J connectivity index is 2.31. The van der Waals surface area contributed by atoms with Crippen LogP contribution in [0, 0.1) is 17.3 Å². The number of carbonyl (C=O) groups is 2. The summed E-state index contributed by atoms with van der Waals surface area (Å²) in [5, 5.41) is 0.277. The first-order chi connectivity index (χ1) is 9.63. The van der Waals surface area contributed by atoms with Crippen molar-refractivity contribution in [3.8, 4) is 0 Å². The second-order valence-corrected chi connectivity index (χ2v) is 9.77. The number of fused-ring (bicyclic) bond motifs is 1. The predicted molar refractivity (Wildman–Crippen MR) is 89.3 cm³/mol. The molecular weight excluding hydrogens is 280 g/mol. The summed E-state index contributed by atoms with van der Waals surface area (Å²) in [4.78, 5) is 25.4. The van der Waals surface area contributed by atoms with E-state index in [0.717, 1.165) is 25.7 Å². The molecule has 0 unspecified atom stereocenters. The first-order valence-corrected chi connectivity index (χ1v) is 8.87. The number of thioether (sulfide) groups is 1. The van der Waals surface area contributed by atoms with Crippen molar-refractivity contribution in [3.63, 3.8) is 0 Å². The fraction of sp³-hybridized carbons (Fsp3) is 0.778. The number of ketones is 1. The molecule has 3 atom stereocenters. The van der Waals surface area contributed by atoms with Crippen molar-refractivity contribution in [3.05, 3.63) is 11.6 Å². The predicted octanol–water partition coefficient (Wildman–Crippen LogP) is 4.78. The van der Waals surface area contributed by atoms with E-state index in [1.54, 1.807) is 0 Å². The molecule has 0 N–H and O–H groups in total. The number of hydrogen-bond donors (Lipinski definition) is 0.